The average molecular weight is 362 g/mol. The molecular formula is C21H35N3O2. The van der Waals surface area contributed by atoms with E-state index in [-0.39, 0.29) is 12.1 Å². The molecule has 2 heterocycles. The molecule has 2 rings (SSSR count). The number of ether oxygens (including phenoxy) is 1. The lowest BCUT2D eigenvalue weighted by Gasteiger charge is -2.37. The number of piperidine rings is 1. The number of aromatic nitrogens is 1. The molecule has 146 valence electrons. The number of amides is 1. The van der Waals surface area contributed by atoms with Gasteiger partial charge < -0.3 is 14.5 Å². The van der Waals surface area contributed by atoms with Crippen molar-refractivity contribution >= 4 is 11.9 Å². The number of nitrogens with zero attached hydrogens (tertiary/aromatic N) is 3. The molecule has 1 fully saturated rings. The van der Waals surface area contributed by atoms with E-state index in [1.165, 1.54) is 0 Å². The monoisotopic (exact) mass is 361 g/mol. The summed E-state index contributed by atoms with van der Waals surface area (Å²) in [5, 5.41) is 0. The minimum atomic E-state index is -0.476. The van der Waals surface area contributed by atoms with Crippen molar-refractivity contribution in [3.63, 3.8) is 0 Å². The first-order chi connectivity index (χ1) is 12.1. The number of carbonyl (C=O) groups excluding carboxylic acids is 1. The fraction of sp³-hybridized carbons (Fsp3) is 0.714. The summed E-state index contributed by atoms with van der Waals surface area (Å²) in [6.07, 6.45) is 4.81. The van der Waals surface area contributed by atoms with Crippen molar-refractivity contribution in [3.05, 3.63) is 23.9 Å². The molecule has 5 nitrogen and oxygen atoms in total. The lowest BCUT2D eigenvalue weighted by molar-refractivity contribution is 0.00948. The minimum absolute atomic E-state index is 0.0479. The number of likely N-dealkylation sites (tertiary alicyclic amines) is 1. The molecule has 1 atom stereocenters. The SMILES string of the molecule is CC(C)N(c1ccc(C2CCCCN2C(=O)OC(C)(C)C)cn1)C(C)C. The lowest BCUT2D eigenvalue weighted by Crippen LogP contribution is -2.42. The Morgan fingerprint density at radius 2 is 1.85 bits per heavy atom. The van der Waals surface area contributed by atoms with Crippen LogP contribution in [0.4, 0.5) is 10.6 Å². The molecule has 0 radical (unpaired) electrons. The smallest absolute Gasteiger partial charge is 0.410 e. The highest BCUT2D eigenvalue weighted by Gasteiger charge is 2.31. The second kappa shape index (κ2) is 8.28. The molecule has 1 saturated heterocycles. The van der Waals surface area contributed by atoms with Crippen LogP contribution in [0, 0.1) is 0 Å². The molecule has 0 aliphatic carbocycles. The molecule has 1 aromatic rings. The first-order valence-corrected chi connectivity index (χ1v) is 9.84. The van der Waals surface area contributed by atoms with Crippen molar-refractivity contribution in [2.45, 2.75) is 91.5 Å². The van der Waals surface area contributed by atoms with Crippen LogP contribution in [0.5, 0.6) is 0 Å². The largest absolute Gasteiger partial charge is 0.444 e. The van der Waals surface area contributed by atoms with Crippen LogP contribution in [-0.2, 0) is 4.74 Å². The van der Waals surface area contributed by atoms with E-state index in [2.05, 4.69) is 44.7 Å². The highest BCUT2D eigenvalue weighted by atomic mass is 16.6. The molecule has 26 heavy (non-hydrogen) atoms. The van der Waals surface area contributed by atoms with Crippen molar-refractivity contribution in [2.75, 3.05) is 11.4 Å². The molecule has 0 bridgehead atoms. The molecule has 5 heteroatoms. The summed E-state index contributed by atoms with van der Waals surface area (Å²) < 4.78 is 5.61. The number of rotatable bonds is 4. The van der Waals surface area contributed by atoms with E-state index in [4.69, 9.17) is 9.72 Å². The quantitative estimate of drug-likeness (QED) is 0.742. The van der Waals surface area contributed by atoms with Crippen molar-refractivity contribution < 1.29 is 9.53 Å². The van der Waals surface area contributed by atoms with Crippen molar-refractivity contribution in [1.82, 2.24) is 9.88 Å². The Kier molecular flexibility index (Phi) is 6.53. The summed E-state index contributed by atoms with van der Waals surface area (Å²) in [6, 6.07) is 5.03. The van der Waals surface area contributed by atoms with Crippen LogP contribution in [0.25, 0.3) is 0 Å². The van der Waals surface area contributed by atoms with Crippen LogP contribution in [-0.4, -0.2) is 40.2 Å². The van der Waals surface area contributed by atoms with E-state index in [0.717, 1.165) is 37.2 Å². The van der Waals surface area contributed by atoms with Gasteiger partial charge in [-0.05, 0) is 79.4 Å². The van der Waals surface area contributed by atoms with Crippen LogP contribution in [0.1, 0.15) is 79.3 Å². The molecule has 0 spiro atoms. The van der Waals surface area contributed by atoms with Gasteiger partial charge in [0.25, 0.3) is 0 Å². The third-order valence-electron chi connectivity index (χ3n) is 4.66. The predicted octanol–water partition coefficient (Wildman–Crippen LogP) is 5.17. The zero-order valence-corrected chi connectivity index (χ0v) is 17.5. The maximum atomic E-state index is 12.6. The topological polar surface area (TPSA) is 45.7 Å². The van der Waals surface area contributed by atoms with Crippen molar-refractivity contribution in [1.29, 1.82) is 0 Å². The number of hydrogen-bond acceptors (Lipinski definition) is 4. The number of hydrogen-bond donors (Lipinski definition) is 0. The number of pyridine rings is 1. The standard InChI is InChI=1S/C21H35N3O2/c1-15(2)24(16(3)4)19-12-11-17(14-22-19)18-10-8-9-13-23(18)20(25)26-21(5,6)7/h11-12,14-16,18H,8-10,13H2,1-7H3. The second-order valence-corrected chi connectivity index (χ2v) is 8.73. The molecule has 1 aromatic heterocycles. The van der Waals surface area contributed by atoms with E-state index in [1.54, 1.807) is 0 Å². The van der Waals surface area contributed by atoms with Crippen molar-refractivity contribution in [2.24, 2.45) is 0 Å². The van der Waals surface area contributed by atoms with E-state index in [0.29, 0.717) is 12.1 Å². The normalized spacial score (nSPS) is 18.3. The Morgan fingerprint density at radius 3 is 2.35 bits per heavy atom. The molecule has 0 saturated carbocycles. The van der Waals surface area contributed by atoms with Gasteiger partial charge >= 0.3 is 6.09 Å². The predicted molar refractivity (Wildman–Crippen MR) is 107 cm³/mol. The van der Waals surface area contributed by atoms with Gasteiger partial charge in [0.05, 0.1) is 6.04 Å². The summed E-state index contributed by atoms with van der Waals surface area (Å²) in [6.45, 7) is 15.2. The van der Waals surface area contributed by atoms with E-state index in [9.17, 15) is 4.79 Å². The molecule has 1 unspecified atom stereocenters. The van der Waals surface area contributed by atoms with Crippen molar-refractivity contribution in [3.8, 4) is 0 Å². The van der Waals surface area contributed by atoms with Gasteiger partial charge in [-0.1, -0.05) is 6.07 Å². The first kappa shape index (κ1) is 20.5. The van der Waals surface area contributed by atoms with Gasteiger partial charge in [0.1, 0.15) is 11.4 Å². The molecular weight excluding hydrogens is 326 g/mol. The molecule has 1 aliphatic heterocycles. The van der Waals surface area contributed by atoms with E-state index >= 15 is 0 Å². The van der Waals surface area contributed by atoms with E-state index in [1.807, 2.05) is 31.9 Å². The number of anilines is 1. The van der Waals surface area contributed by atoms with Gasteiger partial charge in [-0.25, -0.2) is 9.78 Å². The van der Waals surface area contributed by atoms with Gasteiger partial charge in [-0.2, -0.15) is 0 Å². The highest BCUT2D eigenvalue weighted by Crippen LogP contribution is 2.32. The van der Waals surface area contributed by atoms with Crippen LogP contribution >= 0.6 is 0 Å². The average Bonchev–Trinajstić information content (AvgIpc) is 2.53. The summed E-state index contributed by atoms with van der Waals surface area (Å²) in [7, 11) is 0. The van der Waals surface area contributed by atoms with Gasteiger partial charge in [-0.15, -0.1) is 0 Å². The molecule has 0 aromatic carbocycles. The summed E-state index contributed by atoms with van der Waals surface area (Å²) in [5.74, 6) is 0.985. The van der Waals surface area contributed by atoms with Crippen LogP contribution in [0.3, 0.4) is 0 Å². The molecule has 1 amide bonds. The van der Waals surface area contributed by atoms with Gasteiger partial charge in [0, 0.05) is 24.8 Å². The first-order valence-electron chi connectivity index (χ1n) is 9.84. The zero-order chi connectivity index (χ0) is 19.5. The molecule has 0 N–H and O–H groups in total. The fourth-order valence-corrected chi connectivity index (χ4v) is 3.69. The number of carbonyl (C=O) groups is 1. The molecule has 1 aliphatic rings. The highest BCUT2D eigenvalue weighted by molar-refractivity contribution is 5.69. The van der Waals surface area contributed by atoms with Gasteiger partial charge in [0.15, 0.2) is 0 Å². The second-order valence-electron chi connectivity index (χ2n) is 8.73. The van der Waals surface area contributed by atoms with Crippen LogP contribution < -0.4 is 4.90 Å². The third-order valence-corrected chi connectivity index (χ3v) is 4.66. The Hall–Kier alpha value is -1.78. The van der Waals surface area contributed by atoms with Crippen LogP contribution in [0.2, 0.25) is 0 Å². The summed E-state index contributed by atoms with van der Waals surface area (Å²) in [5.41, 5.74) is 0.614. The third kappa shape index (κ3) is 5.12. The maximum Gasteiger partial charge on any atom is 0.410 e. The maximum absolute atomic E-state index is 12.6. The Labute approximate surface area is 158 Å². The minimum Gasteiger partial charge on any atom is -0.444 e. The Balaban J connectivity index is 2.21. The lowest BCUT2D eigenvalue weighted by atomic mass is 9.97. The van der Waals surface area contributed by atoms with E-state index < -0.39 is 5.60 Å². The fourth-order valence-electron chi connectivity index (χ4n) is 3.69. The van der Waals surface area contributed by atoms with Crippen LogP contribution in [0.15, 0.2) is 18.3 Å². The van der Waals surface area contributed by atoms with Gasteiger partial charge in [-0.3, -0.25) is 0 Å². The zero-order valence-electron chi connectivity index (χ0n) is 17.5. The summed E-state index contributed by atoms with van der Waals surface area (Å²) in [4.78, 5) is 21.5. The van der Waals surface area contributed by atoms with Gasteiger partial charge in [0.2, 0.25) is 0 Å². The Morgan fingerprint density at radius 1 is 1.19 bits per heavy atom. The summed E-state index contributed by atoms with van der Waals surface area (Å²) >= 11 is 0. The Bertz CT molecular complexity index is 582.